The number of hydrogen-bond acceptors (Lipinski definition) is 6. The highest BCUT2D eigenvalue weighted by Gasteiger charge is 2.46. The summed E-state index contributed by atoms with van der Waals surface area (Å²) in [5, 5.41) is 11.1. The second-order valence-corrected chi connectivity index (χ2v) is 7.61. The smallest absolute Gasteiger partial charge is 0.295 e. The number of Topliss-reactive ketones (excluding diaryl/α,β-unsaturated/α-hetero) is 1. The summed E-state index contributed by atoms with van der Waals surface area (Å²) in [5.74, 6) is -0.490. The molecule has 170 valence electrons. The maximum Gasteiger partial charge on any atom is 0.295 e. The Morgan fingerprint density at radius 1 is 1.09 bits per heavy atom. The van der Waals surface area contributed by atoms with E-state index in [-0.39, 0.29) is 30.6 Å². The van der Waals surface area contributed by atoms with Crippen LogP contribution in [0, 0.1) is 0 Å². The molecule has 3 rings (SSSR count). The van der Waals surface area contributed by atoms with Crippen LogP contribution in [0.4, 0.5) is 0 Å². The van der Waals surface area contributed by atoms with E-state index in [1.165, 1.54) is 12.0 Å². The normalized spacial score (nSPS) is 17.8. The number of aliphatic hydroxyl groups excluding tert-OH is 1. The van der Waals surface area contributed by atoms with Crippen LogP contribution in [0.2, 0.25) is 0 Å². The number of aliphatic hydroxyl groups is 1. The van der Waals surface area contributed by atoms with Crippen molar-refractivity contribution in [1.82, 2.24) is 4.90 Å². The van der Waals surface area contributed by atoms with Crippen molar-refractivity contribution in [2.45, 2.75) is 32.9 Å². The number of ether oxygens (including phenoxy) is 3. The largest absolute Gasteiger partial charge is 0.507 e. The van der Waals surface area contributed by atoms with Gasteiger partial charge in [0.15, 0.2) is 0 Å². The van der Waals surface area contributed by atoms with Gasteiger partial charge in [-0.1, -0.05) is 18.2 Å². The van der Waals surface area contributed by atoms with Gasteiger partial charge in [0.1, 0.15) is 17.3 Å². The fourth-order valence-electron chi connectivity index (χ4n) is 3.74. The van der Waals surface area contributed by atoms with Crippen LogP contribution in [-0.2, 0) is 14.3 Å². The van der Waals surface area contributed by atoms with E-state index >= 15 is 0 Å². The number of carbonyl (C=O) groups excluding carboxylic acids is 2. The Balaban J connectivity index is 2.09. The van der Waals surface area contributed by atoms with Gasteiger partial charge in [0.2, 0.25) is 0 Å². The van der Waals surface area contributed by atoms with Gasteiger partial charge in [0, 0.05) is 17.7 Å². The number of ketones is 1. The van der Waals surface area contributed by atoms with Crippen molar-refractivity contribution in [3.8, 4) is 11.5 Å². The molecule has 0 aromatic heterocycles. The third-order valence-corrected chi connectivity index (χ3v) is 5.20. The zero-order valence-corrected chi connectivity index (χ0v) is 18.8. The van der Waals surface area contributed by atoms with Crippen LogP contribution in [0.5, 0.6) is 11.5 Å². The molecule has 1 aliphatic rings. The van der Waals surface area contributed by atoms with Crippen LogP contribution in [0.15, 0.2) is 54.1 Å². The van der Waals surface area contributed by atoms with Crippen LogP contribution < -0.4 is 9.47 Å². The number of benzene rings is 2. The van der Waals surface area contributed by atoms with Gasteiger partial charge in [-0.25, -0.2) is 0 Å². The quantitative estimate of drug-likeness (QED) is 0.362. The highest BCUT2D eigenvalue weighted by molar-refractivity contribution is 6.46. The van der Waals surface area contributed by atoms with E-state index in [0.29, 0.717) is 29.2 Å². The molecule has 1 fully saturated rings. The second kappa shape index (κ2) is 10.3. The summed E-state index contributed by atoms with van der Waals surface area (Å²) in [6.45, 7) is 6.66. The number of carbonyl (C=O) groups is 2. The molecule has 0 bridgehead atoms. The summed E-state index contributed by atoms with van der Waals surface area (Å²) in [7, 11) is 1.53. The lowest BCUT2D eigenvalue weighted by molar-refractivity contribution is -0.140. The molecule has 32 heavy (non-hydrogen) atoms. The van der Waals surface area contributed by atoms with Crippen LogP contribution >= 0.6 is 0 Å². The average Bonchev–Trinajstić information content (AvgIpc) is 3.04. The van der Waals surface area contributed by atoms with E-state index in [2.05, 4.69) is 0 Å². The summed E-state index contributed by atoms with van der Waals surface area (Å²) in [6, 6.07) is 13.1. The molecule has 1 aliphatic heterocycles. The fourth-order valence-corrected chi connectivity index (χ4v) is 3.74. The zero-order chi connectivity index (χ0) is 23.3. The van der Waals surface area contributed by atoms with Gasteiger partial charge < -0.3 is 24.2 Å². The van der Waals surface area contributed by atoms with Crippen molar-refractivity contribution in [3.05, 3.63) is 65.2 Å². The molecular weight excluding hydrogens is 410 g/mol. The third-order valence-electron chi connectivity index (χ3n) is 5.20. The summed E-state index contributed by atoms with van der Waals surface area (Å²) >= 11 is 0. The second-order valence-electron chi connectivity index (χ2n) is 7.61. The standard InChI is InChI=1S/C25H29NO6/c1-5-31-18-12-10-17(11-13-18)23(27)21-22(19-8-6-7-9-20(19)30-4)26(25(29)24(21)28)14-15-32-16(2)3/h6-13,16,22,27H,5,14-15H2,1-4H3/b23-21-. The number of likely N-dealkylation sites (tertiary alicyclic amines) is 1. The third kappa shape index (κ3) is 4.78. The van der Waals surface area contributed by atoms with E-state index < -0.39 is 17.7 Å². The minimum atomic E-state index is -0.798. The number of amides is 1. The van der Waals surface area contributed by atoms with E-state index in [9.17, 15) is 14.7 Å². The minimum Gasteiger partial charge on any atom is -0.507 e. The number of para-hydroxylation sites is 1. The Morgan fingerprint density at radius 2 is 1.78 bits per heavy atom. The Labute approximate surface area is 188 Å². The van der Waals surface area contributed by atoms with Gasteiger partial charge in [-0.3, -0.25) is 9.59 Å². The topological polar surface area (TPSA) is 85.3 Å². The van der Waals surface area contributed by atoms with Crippen LogP contribution in [0.1, 0.15) is 37.9 Å². The number of rotatable bonds is 9. The van der Waals surface area contributed by atoms with Crippen LogP contribution in [0.25, 0.3) is 5.76 Å². The van der Waals surface area contributed by atoms with Crippen molar-refractivity contribution in [2.75, 3.05) is 26.9 Å². The number of nitrogens with zero attached hydrogens (tertiary/aromatic N) is 1. The molecule has 0 radical (unpaired) electrons. The first-order valence-electron chi connectivity index (χ1n) is 10.6. The molecule has 1 atom stereocenters. The van der Waals surface area contributed by atoms with Gasteiger partial charge in [0.25, 0.3) is 11.7 Å². The van der Waals surface area contributed by atoms with Crippen molar-refractivity contribution in [1.29, 1.82) is 0 Å². The van der Waals surface area contributed by atoms with Crippen molar-refractivity contribution >= 4 is 17.4 Å². The van der Waals surface area contributed by atoms with Crippen LogP contribution in [0.3, 0.4) is 0 Å². The molecule has 1 N–H and O–H groups in total. The Bertz CT molecular complexity index is 996. The highest BCUT2D eigenvalue weighted by Crippen LogP contribution is 2.42. The van der Waals surface area contributed by atoms with Crippen molar-refractivity contribution < 1.29 is 28.9 Å². The molecule has 0 saturated carbocycles. The van der Waals surface area contributed by atoms with E-state index in [4.69, 9.17) is 14.2 Å². The minimum absolute atomic E-state index is 0.0135. The SMILES string of the molecule is CCOc1ccc(/C(O)=C2/C(=O)C(=O)N(CCOC(C)C)C2c2ccccc2OC)cc1. The van der Waals surface area contributed by atoms with Gasteiger partial charge in [-0.15, -0.1) is 0 Å². The molecule has 0 aliphatic carbocycles. The summed E-state index contributed by atoms with van der Waals surface area (Å²) < 4.78 is 16.6. The maximum absolute atomic E-state index is 13.1. The maximum atomic E-state index is 13.1. The number of hydrogen-bond donors (Lipinski definition) is 1. The monoisotopic (exact) mass is 439 g/mol. The first-order valence-corrected chi connectivity index (χ1v) is 10.6. The van der Waals surface area contributed by atoms with E-state index in [1.54, 1.807) is 42.5 Å². The molecule has 1 amide bonds. The van der Waals surface area contributed by atoms with Gasteiger partial charge >= 0.3 is 0 Å². The highest BCUT2D eigenvalue weighted by atomic mass is 16.5. The molecule has 1 saturated heterocycles. The first-order chi connectivity index (χ1) is 15.4. The number of methoxy groups -OCH3 is 1. The van der Waals surface area contributed by atoms with Gasteiger partial charge in [0.05, 0.1) is 38.0 Å². The Hall–Kier alpha value is -3.32. The lowest BCUT2D eigenvalue weighted by atomic mass is 9.94. The Kier molecular flexibility index (Phi) is 7.53. The van der Waals surface area contributed by atoms with E-state index in [0.717, 1.165) is 0 Å². The molecule has 2 aromatic rings. The van der Waals surface area contributed by atoms with Crippen molar-refractivity contribution in [3.63, 3.8) is 0 Å². The molecule has 7 heteroatoms. The molecular formula is C25H29NO6. The van der Waals surface area contributed by atoms with E-state index in [1.807, 2.05) is 26.8 Å². The first kappa shape index (κ1) is 23.3. The molecule has 0 spiro atoms. The fraction of sp³-hybridized carbons (Fsp3) is 0.360. The lowest BCUT2D eigenvalue weighted by Crippen LogP contribution is -2.33. The summed E-state index contributed by atoms with van der Waals surface area (Å²) in [4.78, 5) is 27.5. The zero-order valence-electron chi connectivity index (χ0n) is 18.8. The van der Waals surface area contributed by atoms with Crippen molar-refractivity contribution in [2.24, 2.45) is 0 Å². The molecule has 7 nitrogen and oxygen atoms in total. The lowest BCUT2D eigenvalue weighted by Gasteiger charge is -2.26. The molecule has 2 aromatic carbocycles. The molecule has 1 unspecified atom stereocenters. The average molecular weight is 440 g/mol. The Morgan fingerprint density at radius 3 is 2.41 bits per heavy atom. The predicted molar refractivity (Wildman–Crippen MR) is 121 cm³/mol. The van der Waals surface area contributed by atoms with Crippen LogP contribution in [-0.4, -0.2) is 54.7 Å². The molecule has 1 heterocycles. The van der Waals surface area contributed by atoms with Gasteiger partial charge in [-0.2, -0.15) is 0 Å². The predicted octanol–water partition coefficient (Wildman–Crippen LogP) is 3.94. The van der Waals surface area contributed by atoms with Gasteiger partial charge in [-0.05, 0) is 51.1 Å². The summed E-state index contributed by atoms with van der Waals surface area (Å²) in [5.41, 5.74) is 1.06. The summed E-state index contributed by atoms with van der Waals surface area (Å²) in [6.07, 6.45) is -0.0135.